The van der Waals surface area contributed by atoms with E-state index in [1.807, 2.05) is 0 Å². The van der Waals surface area contributed by atoms with Gasteiger partial charge in [-0.1, -0.05) is 58.3 Å². The Morgan fingerprint density at radius 3 is 2.25 bits per heavy atom. The molecule has 1 N–H and O–H groups in total. The number of aliphatic hydroxyl groups is 1. The van der Waals surface area contributed by atoms with E-state index in [1.54, 1.807) is 25.3 Å². The van der Waals surface area contributed by atoms with E-state index in [4.69, 9.17) is 9.47 Å². The Labute approximate surface area is 168 Å². The average Bonchev–Trinajstić information content (AvgIpc) is 2.69. The quantitative estimate of drug-likeness (QED) is 0.352. The highest BCUT2D eigenvalue weighted by Gasteiger charge is 2.15. The number of unbranched alkanes of at least 4 members (excludes halogenated alkanes) is 8. The van der Waals surface area contributed by atoms with E-state index in [0.29, 0.717) is 17.7 Å². The van der Waals surface area contributed by atoms with E-state index in [-0.39, 0.29) is 19.2 Å². The maximum absolute atomic E-state index is 11.9. The van der Waals surface area contributed by atoms with Crippen molar-refractivity contribution in [3.05, 3.63) is 29.6 Å². The molecule has 28 heavy (non-hydrogen) atoms. The van der Waals surface area contributed by atoms with Crippen LogP contribution >= 0.6 is 0 Å². The van der Waals surface area contributed by atoms with Crippen LogP contribution in [0.25, 0.3) is 0 Å². The van der Waals surface area contributed by atoms with Crippen LogP contribution in [0.5, 0.6) is 0 Å². The Balaban J connectivity index is 2.04. The summed E-state index contributed by atoms with van der Waals surface area (Å²) in [4.78, 5) is 27.7. The predicted molar refractivity (Wildman–Crippen MR) is 108 cm³/mol. The predicted octanol–water partition coefficient (Wildman–Crippen LogP) is 4.37. The number of ether oxygens (including phenoxy) is 2. The molecule has 1 rings (SSSR count). The van der Waals surface area contributed by atoms with Crippen molar-refractivity contribution in [2.24, 2.45) is 0 Å². The molecule has 1 aromatic rings. The van der Waals surface area contributed by atoms with E-state index in [0.717, 1.165) is 19.3 Å². The molecule has 6 nitrogen and oxygen atoms in total. The molecule has 0 aliphatic rings. The second-order valence-corrected chi connectivity index (χ2v) is 7.15. The number of carbonyl (C=O) groups is 2. The van der Waals surface area contributed by atoms with Gasteiger partial charge in [-0.3, -0.25) is 9.78 Å². The normalized spacial score (nSPS) is 11.8. The Morgan fingerprint density at radius 1 is 1.00 bits per heavy atom. The fraction of sp³-hybridized carbons (Fsp3) is 0.682. The van der Waals surface area contributed by atoms with Gasteiger partial charge in [0.25, 0.3) is 0 Å². The molecule has 0 amide bonds. The molecule has 0 aliphatic carbocycles. The van der Waals surface area contributed by atoms with Crippen LogP contribution in [-0.2, 0) is 14.3 Å². The average molecular weight is 394 g/mol. The minimum atomic E-state index is -1.03. The van der Waals surface area contributed by atoms with Gasteiger partial charge in [-0.2, -0.15) is 0 Å². The number of hydrogen-bond donors (Lipinski definition) is 1. The summed E-state index contributed by atoms with van der Waals surface area (Å²) in [6.45, 7) is 3.53. The Bertz CT molecular complexity index is 576. The molecule has 0 aliphatic heterocycles. The first kappa shape index (κ1) is 24.1. The van der Waals surface area contributed by atoms with Gasteiger partial charge in [-0.15, -0.1) is 0 Å². The topological polar surface area (TPSA) is 85.7 Å². The van der Waals surface area contributed by atoms with Gasteiger partial charge in [-0.25, -0.2) is 4.79 Å². The molecule has 0 aromatic carbocycles. The van der Waals surface area contributed by atoms with Gasteiger partial charge in [0.05, 0.1) is 11.3 Å². The van der Waals surface area contributed by atoms with Crippen molar-refractivity contribution in [1.29, 1.82) is 0 Å². The summed E-state index contributed by atoms with van der Waals surface area (Å²) < 4.78 is 10.1. The van der Waals surface area contributed by atoms with Crippen LogP contribution in [0.3, 0.4) is 0 Å². The minimum absolute atomic E-state index is 0.171. The van der Waals surface area contributed by atoms with E-state index in [2.05, 4.69) is 11.9 Å². The molecular formula is C22H35NO5. The van der Waals surface area contributed by atoms with Crippen LogP contribution in [0.2, 0.25) is 0 Å². The molecule has 1 aromatic heterocycles. The number of esters is 2. The first-order valence-corrected chi connectivity index (χ1v) is 10.5. The van der Waals surface area contributed by atoms with Gasteiger partial charge in [0.15, 0.2) is 0 Å². The molecule has 1 heterocycles. The highest BCUT2D eigenvalue weighted by molar-refractivity contribution is 5.90. The third kappa shape index (κ3) is 11.0. The Morgan fingerprint density at radius 2 is 1.61 bits per heavy atom. The first-order chi connectivity index (χ1) is 13.5. The fourth-order valence-corrected chi connectivity index (χ4v) is 2.84. The van der Waals surface area contributed by atoms with Gasteiger partial charge < -0.3 is 14.6 Å². The van der Waals surface area contributed by atoms with Crippen molar-refractivity contribution in [3.63, 3.8) is 0 Å². The number of rotatable bonds is 15. The smallest absolute Gasteiger partial charge is 0.340 e. The van der Waals surface area contributed by atoms with Crippen LogP contribution in [-0.4, -0.2) is 41.3 Å². The molecule has 158 valence electrons. The van der Waals surface area contributed by atoms with Gasteiger partial charge in [0.2, 0.25) is 0 Å². The molecule has 0 saturated heterocycles. The second kappa shape index (κ2) is 15.0. The minimum Gasteiger partial charge on any atom is -0.463 e. The van der Waals surface area contributed by atoms with Gasteiger partial charge in [0, 0.05) is 12.6 Å². The van der Waals surface area contributed by atoms with Crippen molar-refractivity contribution < 1.29 is 24.2 Å². The molecule has 1 atom stereocenters. The molecule has 0 saturated carbocycles. The summed E-state index contributed by atoms with van der Waals surface area (Å²) in [6, 6.07) is 3.26. The molecule has 6 heteroatoms. The van der Waals surface area contributed by atoms with Crippen molar-refractivity contribution >= 4 is 11.9 Å². The van der Waals surface area contributed by atoms with Crippen LogP contribution < -0.4 is 0 Å². The molecule has 0 radical (unpaired) electrons. The van der Waals surface area contributed by atoms with Gasteiger partial charge in [0.1, 0.15) is 19.3 Å². The number of aliphatic hydroxyl groups excluding tert-OH is 1. The van der Waals surface area contributed by atoms with Crippen molar-refractivity contribution in [2.75, 3.05) is 13.2 Å². The van der Waals surface area contributed by atoms with Crippen LogP contribution in [0, 0.1) is 6.92 Å². The lowest BCUT2D eigenvalue weighted by molar-refractivity contribution is -0.147. The molecule has 1 unspecified atom stereocenters. The Hall–Kier alpha value is -1.95. The monoisotopic (exact) mass is 393 g/mol. The van der Waals surface area contributed by atoms with Crippen molar-refractivity contribution in [3.8, 4) is 0 Å². The molecule has 0 bridgehead atoms. The van der Waals surface area contributed by atoms with Gasteiger partial charge in [-0.05, 0) is 25.5 Å². The van der Waals surface area contributed by atoms with E-state index in [9.17, 15) is 14.7 Å². The lowest BCUT2D eigenvalue weighted by Crippen LogP contribution is -2.25. The maximum Gasteiger partial charge on any atom is 0.340 e. The van der Waals surface area contributed by atoms with Gasteiger partial charge >= 0.3 is 11.9 Å². The lowest BCUT2D eigenvalue weighted by Gasteiger charge is -2.12. The molecule has 0 fully saturated rings. The summed E-state index contributed by atoms with van der Waals surface area (Å²) in [7, 11) is 0. The zero-order valence-electron chi connectivity index (χ0n) is 17.3. The lowest BCUT2D eigenvalue weighted by atomic mass is 10.1. The van der Waals surface area contributed by atoms with E-state index in [1.165, 1.54) is 38.5 Å². The zero-order valence-corrected chi connectivity index (χ0v) is 17.3. The van der Waals surface area contributed by atoms with Crippen LogP contribution in [0.4, 0.5) is 0 Å². The van der Waals surface area contributed by atoms with Crippen LogP contribution in [0.1, 0.15) is 87.2 Å². The highest BCUT2D eigenvalue weighted by Crippen LogP contribution is 2.11. The maximum atomic E-state index is 11.9. The standard InChI is InChI=1S/C22H35NO5/c1-3-4-5-6-7-8-9-10-11-14-21(25)27-16-19(24)17-28-22(26)20-13-12-15-23-18(20)2/h12-13,15,19,24H,3-11,14,16-17H2,1-2H3. The van der Waals surface area contributed by atoms with Crippen molar-refractivity contribution in [1.82, 2.24) is 4.98 Å². The third-order valence-electron chi connectivity index (χ3n) is 4.55. The summed E-state index contributed by atoms with van der Waals surface area (Å²) in [5.74, 6) is -0.873. The largest absolute Gasteiger partial charge is 0.463 e. The number of aryl methyl sites for hydroxylation is 1. The second-order valence-electron chi connectivity index (χ2n) is 7.15. The summed E-state index contributed by atoms with van der Waals surface area (Å²) in [5.41, 5.74) is 0.923. The number of carbonyl (C=O) groups excluding carboxylic acids is 2. The summed E-state index contributed by atoms with van der Waals surface area (Å²) in [5, 5.41) is 9.82. The van der Waals surface area contributed by atoms with E-state index < -0.39 is 12.1 Å². The first-order valence-electron chi connectivity index (χ1n) is 10.5. The number of aromatic nitrogens is 1. The summed E-state index contributed by atoms with van der Waals surface area (Å²) >= 11 is 0. The van der Waals surface area contributed by atoms with Crippen LogP contribution in [0.15, 0.2) is 18.3 Å². The fourth-order valence-electron chi connectivity index (χ4n) is 2.84. The van der Waals surface area contributed by atoms with Crippen molar-refractivity contribution in [2.45, 2.75) is 84.2 Å². The SMILES string of the molecule is CCCCCCCCCCCC(=O)OCC(O)COC(=O)c1cccnc1C. The highest BCUT2D eigenvalue weighted by atomic mass is 16.6. The molecule has 0 spiro atoms. The zero-order chi connectivity index (χ0) is 20.6. The molecular weight excluding hydrogens is 358 g/mol. The number of pyridine rings is 1. The van der Waals surface area contributed by atoms with E-state index >= 15 is 0 Å². The third-order valence-corrected chi connectivity index (χ3v) is 4.55. The number of nitrogens with zero attached hydrogens (tertiary/aromatic N) is 1. The summed E-state index contributed by atoms with van der Waals surface area (Å²) in [6.07, 6.45) is 11.6. The Kier molecular flexibility index (Phi) is 12.9. The number of hydrogen-bond acceptors (Lipinski definition) is 6.